The zero-order valence-corrected chi connectivity index (χ0v) is 11.1. The highest BCUT2D eigenvalue weighted by atomic mass is 16.5. The largest absolute Gasteiger partial charge is 0.379 e. The summed E-state index contributed by atoms with van der Waals surface area (Å²) in [5.41, 5.74) is 0.896. The third-order valence-electron chi connectivity index (χ3n) is 4.86. The molecule has 3 heteroatoms. The first-order valence-corrected chi connectivity index (χ1v) is 6.51. The number of hydrogen-bond donors (Lipinski definition) is 2. The number of morpholine rings is 1. The Morgan fingerprint density at radius 1 is 1.25 bits per heavy atom. The Balaban J connectivity index is 1.66. The first kappa shape index (κ1) is 12.3. The summed E-state index contributed by atoms with van der Waals surface area (Å²) in [6.45, 7) is 13.3. The van der Waals surface area contributed by atoms with E-state index in [0.717, 1.165) is 26.3 Å². The van der Waals surface area contributed by atoms with Gasteiger partial charge < -0.3 is 15.4 Å². The van der Waals surface area contributed by atoms with Crippen LogP contribution >= 0.6 is 0 Å². The molecule has 0 bridgehead atoms. The molecule has 1 atom stereocenters. The molecule has 0 amide bonds. The molecule has 1 saturated carbocycles. The molecule has 1 aliphatic carbocycles. The standard InChI is InChI=1S/C13H26N2O/c1-12(2)11(13(12,3)4)15-6-5-10-9-16-8-7-14-10/h10-11,14-15H,5-9H2,1-4H3. The van der Waals surface area contributed by atoms with Gasteiger partial charge in [0.2, 0.25) is 0 Å². The first-order chi connectivity index (χ1) is 7.46. The molecule has 0 aromatic heterocycles. The van der Waals surface area contributed by atoms with Crippen LogP contribution in [0.15, 0.2) is 0 Å². The van der Waals surface area contributed by atoms with Gasteiger partial charge in [-0.05, 0) is 23.8 Å². The molecule has 1 aliphatic heterocycles. The van der Waals surface area contributed by atoms with Gasteiger partial charge in [0.05, 0.1) is 13.2 Å². The van der Waals surface area contributed by atoms with E-state index in [1.54, 1.807) is 0 Å². The van der Waals surface area contributed by atoms with E-state index in [1.165, 1.54) is 6.42 Å². The second-order valence-electron chi connectivity index (χ2n) is 6.35. The summed E-state index contributed by atoms with van der Waals surface area (Å²) >= 11 is 0. The molecule has 1 heterocycles. The third kappa shape index (κ3) is 2.13. The molecule has 0 spiro atoms. The van der Waals surface area contributed by atoms with Gasteiger partial charge >= 0.3 is 0 Å². The van der Waals surface area contributed by atoms with E-state index < -0.39 is 0 Å². The van der Waals surface area contributed by atoms with Gasteiger partial charge in [0, 0.05) is 18.6 Å². The summed E-state index contributed by atoms with van der Waals surface area (Å²) in [5, 5.41) is 7.18. The highest BCUT2D eigenvalue weighted by molar-refractivity contribution is 5.17. The summed E-state index contributed by atoms with van der Waals surface area (Å²) in [7, 11) is 0. The maximum atomic E-state index is 5.45. The minimum atomic E-state index is 0.448. The van der Waals surface area contributed by atoms with Crippen molar-refractivity contribution in [3.63, 3.8) is 0 Å². The van der Waals surface area contributed by atoms with Crippen LogP contribution in [0.25, 0.3) is 0 Å². The SMILES string of the molecule is CC1(C)C(NCCC2COCCN2)C1(C)C. The fourth-order valence-corrected chi connectivity index (χ4v) is 2.91. The Hall–Kier alpha value is -0.120. The lowest BCUT2D eigenvalue weighted by atomic mass is 10.0. The second-order valence-corrected chi connectivity index (χ2v) is 6.35. The van der Waals surface area contributed by atoms with E-state index in [0.29, 0.717) is 22.9 Å². The number of hydrogen-bond acceptors (Lipinski definition) is 3. The van der Waals surface area contributed by atoms with E-state index in [2.05, 4.69) is 38.3 Å². The summed E-state index contributed by atoms with van der Waals surface area (Å²) in [6.07, 6.45) is 1.17. The molecule has 2 fully saturated rings. The fourth-order valence-electron chi connectivity index (χ4n) is 2.91. The molecule has 2 aliphatic rings. The summed E-state index contributed by atoms with van der Waals surface area (Å²) in [5.74, 6) is 0. The lowest BCUT2D eigenvalue weighted by Crippen LogP contribution is -2.43. The van der Waals surface area contributed by atoms with Crippen molar-refractivity contribution in [3.8, 4) is 0 Å². The highest BCUT2D eigenvalue weighted by Gasteiger charge is 2.64. The molecule has 16 heavy (non-hydrogen) atoms. The van der Waals surface area contributed by atoms with Crippen molar-refractivity contribution in [1.29, 1.82) is 0 Å². The maximum Gasteiger partial charge on any atom is 0.0620 e. The maximum absolute atomic E-state index is 5.45. The van der Waals surface area contributed by atoms with E-state index in [9.17, 15) is 0 Å². The number of nitrogens with one attached hydrogen (secondary N) is 2. The van der Waals surface area contributed by atoms with Crippen LogP contribution in [0, 0.1) is 10.8 Å². The van der Waals surface area contributed by atoms with Crippen LogP contribution in [0.4, 0.5) is 0 Å². The third-order valence-corrected chi connectivity index (χ3v) is 4.86. The molecular formula is C13H26N2O. The van der Waals surface area contributed by atoms with Gasteiger partial charge in [-0.2, -0.15) is 0 Å². The van der Waals surface area contributed by atoms with Crippen LogP contribution in [0.3, 0.4) is 0 Å². The van der Waals surface area contributed by atoms with Gasteiger partial charge in [-0.15, -0.1) is 0 Å². The van der Waals surface area contributed by atoms with Crippen LogP contribution < -0.4 is 10.6 Å². The molecule has 0 radical (unpaired) electrons. The van der Waals surface area contributed by atoms with Crippen LogP contribution in [0.1, 0.15) is 34.1 Å². The number of rotatable bonds is 4. The van der Waals surface area contributed by atoms with Gasteiger partial charge in [0.15, 0.2) is 0 Å². The van der Waals surface area contributed by atoms with Crippen molar-refractivity contribution in [1.82, 2.24) is 10.6 Å². The van der Waals surface area contributed by atoms with Crippen molar-refractivity contribution >= 4 is 0 Å². The zero-order chi connectivity index (χ0) is 11.8. The van der Waals surface area contributed by atoms with Crippen LogP contribution in [-0.2, 0) is 4.74 Å². The topological polar surface area (TPSA) is 33.3 Å². The monoisotopic (exact) mass is 226 g/mol. The lowest BCUT2D eigenvalue weighted by molar-refractivity contribution is 0.0741. The Morgan fingerprint density at radius 3 is 2.44 bits per heavy atom. The Labute approximate surface area is 99.3 Å². The quantitative estimate of drug-likeness (QED) is 0.760. The molecule has 3 nitrogen and oxygen atoms in total. The van der Waals surface area contributed by atoms with Gasteiger partial charge in [-0.25, -0.2) is 0 Å². The molecule has 0 aromatic rings. The zero-order valence-electron chi connectivity index (χ0n) is 11.1. The average Bonchev–Trinajstić information content (AvgIpc) is 2.62. The summed E-state index contributed by atoms with van der Waals surface area (Å²) in [4.78, 5) is 0. The minimum absolute atomic E-state index is 0.448. The van der Waals surface area contributed by atoms with E-state index >= 15 is 0 Å². The Bertz CT molecular complexity index is 230. The molecule has 1 saturated heterocycles. The highest BCUT2D eigenvalue weighted by Crippen LogP contribution is 2.62. The Morgan fingerprint density at radius 2 is 1.94 bits per heavy atom. The first-order valence-electron chi connectivity index (χ1n) is 6.51. The normalized spacial score (nSPS) is 32.6. The predicted octanol–water partition coefficient (Wildman–Crippen LogP) is 1.39. The van der Waals surface area contributed by atoms with E-state index in [4.69, 9.17) is 4.74 Å². The molecule has 0 aromatic carbocycles. The average molecular weight is 226 g/mol. The smallest absolute Gasteiger partial charge is 0.0620 e. The van der Waals surface area contributed by atoms with Gasteiger partial charge in [-0.1, -0.05) is 27.7 Å². The Kier molecular flexibility index (Phi) is 3.30. The van der Waals surface area contributed by atoms with Gasteiger partial charge in [0.25, 0.3) is 0 Å². The van der Waals surface area contributed by atoms with Crippen molar-refractivity contribution in [2.75, 3.05) is 26.3 Å². The van der Waals surface area contributed by atoms with Gasteiger partial charge in [0.1, 0.15) is 0 Å². The molecule has 94 valence electrons. The lowest BCUT2D eigenvalue weighted by Gasteiger charge is -2.24. The van der Waals surface area contributed by atoms with E-state index in [-0.39, 0.29) is 0 Å². The van der Waals surface area contributed by atoms with Crippen molar-refractivity contribution in [2.24, 2.45) is 10.8 Å². The minimum Gasteiger partial charge on any atom is -0.379 e. The van der Waals surface area contributed by atoms with Crippen LogP contribution in [0.5, 0.6) is 0 Å². The molecule has 1 unspecified atom stereocenters. The second kappa shape index (κ2) is 4.28. The van der Waals surface area contributed by atoms with Crippen molar-refractivity contribution in [2.45, 2.75) is 46.2 Å². The van der Waals surface area contributed by atoms with Crippen LogP contribution in [0.2, 0.25) is 0 Å². The predicted molar refractivity (Wildman–Crippen MR) is 66.6 cm³/mol. The van der Waals surface area contributed by atoms with Crippen molar-refractivity contribution < 1.29 is 4.74 Å². The molecular weight excluding hydrogens is 200 g/mol. The van der Waals surface area contributed by atoms with E-state index in [1.807, 2.05) is 0 Å². The number of ether oxygens (including phenoxy) is 1. The summed E-state index contributed by atoms with van der Waals surface area (Å²) < 4.78 is 5.45. The fraction of sp³-hybridized carbons (Fsp3) is 1.00. The molecule has 2 rings (SSSR count). The van der Waals surface area contributed by atoms with Crippen LogP contribution in [-0.4, -0.2) is 38.4 Å². The molecule has 2 N–H and O–H groups in total. The van der Waals surface area contributed by atoms with Crippen molar-refractivity contribution in [3.05, 3.63) is 0 Å². The summed E-state index contributed by atoms with van der Waals surface area (Å²) in [6, 6.07) is 1.22. The van der Waals surface area contributed by atoms with Gasteiger partial charge in [-0.3, -0.25) is 0 Å².